The second-order valence-corrected chi connectivity index (χ2v) is 2.93. The zero-order chi connectivity index (χ0) is 6.85. The van der Waals surface area contributed by atoms with Crippen molar-refractivity contribution in [2.45, 2.75) is 13.3 Å². The van der Waals surface area contributed by atoms with Gasteiger partial charge >= 0.3 is 0 Å². The Labute approximate surface area is 68.4 Å². The first kappa shape index (κ1) is 7.05. The fourth-order valence-corrected chi connectivity index (χ4v) is 1.12. The SMILES string of the molecule is CCc1cn(C)c(I)n1. The van der Waals surface area contributed by atoms with Crippen molar-refractivity contribution in [1.29, 1.82) is 0 Å². The Kier molecular flexibility index (Phi) is 2.10. The van der Waals surface area contributed by atoms with E-state index in [0.717, 1.165) is 10.3 Å². The molecule has 0 N–H and O–H groups in total. The summed E-state index contributed by atoms with van der Waals surface area (Å²) in [6.45, 7) is 2.11. The van der Waals surface area contributed by atoms with Gasteiger partial charge in [-0.15, -0.1) is 0 Å². The van der Waals surface area contributed by atoms with E-state index in [9.17, 15) is 0 Å². The van der Waals surface area contributed by atoms with Gasteiger partial charge in [0.15, 0.2) is 3.83 Å². The monoisotopic (exact) mass is 236 g/mol. The topological polar surface area (TPSA) is 17.8 Å². The van der Waals surface area contributed by atoms with Gasteiger partial charge in [-0.1, -0.05) is 6.92 Å². The molecule has 9 heavy (non-hydrogen) atoms. The zero-order valence-corrected chi connectivity index (χ0v) is 7.71. The predicted molar refractivity (Wildman–Crippen MR) is 45.3 cm³/mol. The molecule has 50 valence electrons. The fourth-order valence-electron chi connectivity index (χ4n) is 0.673. The lowest BCUT2D eigenvalue weighted by atomic mass is 10.4. The Hall–Kier alpha value is -0.0600. The molecule has 1 aromatic heterocycles. The highest BCUT2D eigenvalue weighted by Gasteiger charge is 1.97. The second kappa shape index (κ2) is 2.68. The van der Waals surface area contributed by atoms with Gasteiger partial charge in [0.25, 0.3) is 0 Å². The summed E-state index contributed by atoms with van der Waals surface area (Å²) < 4.78 is 3.09. The molecule has 1 aromatic rings. The molecule has 0 aliphatic carbocycles. The Bertz CT molecular complexity index is 185. The van der Waals surface area contributed by atoms with Crippen molar-refractivity contribution in [2.24, 2.45) is 7.05 Å². The summed E-state index contributed by atoms with van der Waals surface area (Å²) in [5.74, 6) is 0. The van der Waals surface area contributed by atoms with Crippen molar-refractivity contribution in [3.63, 3.8) is 0 Å². The third-order valence-electron chi connectivity index (χ3n) is 1.23. The number of aromatic nitrogens is 2. The van der Waals surface area contributed by atoms with Gasteiger partial charge in [0.1, 0.15) is 0 Å². The third kappa shape index (κ3) is 1.44. The minimum atomic E-state index is 1.02. The average Bonchev–Trinajstić information content (AvgIpc) is 2.13. The number of nitrogens with zero attached hydrogens (tertiary/aromatic N) is 2. The molecule has 0 spiro atoms. The highest BCUT2D eigenvalue weighted by Crippen LogP contribution is 2.03. The summed E-state index contributed by atoms with van der Waals surface area (Å²) >= 11 is 2.22. The molecule has 0 aliphatic rings. The van der Waals surface area contributed by atoms with Crippen molar-refractivity contribution in [3.05, 3.63) is 15.7 Å². The first-order chi connectivity index (χ1) is 4.24. The van der Waals surface area contributed by atoms with Crippen LogP contribution in [0.4, 0.5) is 0 Å². The molecule has 0 bridgehead atoms. The van der Waals surface area contributed by atoms with Gasteiger partial charge in [-0.25, -0.2) is 4.98 Å². The Morgan fingerprint density at radius 2 is 2.44 bits per heavy atom. The maximum atomic E-state index is 4.28. The van der Waals surface area contributed by atoms with Crippen LogP contribution in [0.3, 0.4) is 0 Å². The van der Waals surface area contributed by atoms with Gasteiger partial charge in [-0.05, 0) is 29.0 Å². The van der Waals surface area contributed by atoms with E-state index in [1.165, 1.54) is 5.69 Å². The van der Waals surface area contributed by atoms with E-state index in [0.29, 0.717) is 0 Å². The van der Waals surface area contributed by atoms with Gasteiger partial charge < -0.3 is 4.57 Å². The highest BCUT2D eigenvalue weighted by atomic mass is 127. The Balaban J connectivity index is 2.98. The van der Waals surface area contributed by atoms with Crippen molar-refractivity contribution in [1.82, 2.24) is 9.55 Å². The molecule has 0 aromatic carbocycles. The maximum absolute atomic E-state index is 4.28. The van der Waals surface area contributed by atoms with Crippen LogP contribution in [0.5, 0.6) is 0 Å². The molecule has 0 saturated heterocycles. The molecule has 0 fully saturated rings. The van der Waals surface area contributed by atoms with Gasteiger partial charge in [0.2, 0.25) is 0 Å². The lowest BCUT2D eigenvalue weighted by Crippen LogP contribution is -1.86. The summed E-state index contributed by atoms with van der Waals surface area (Å²) in [5.41, 5.74) is 1.17. The maximum Gasteiger partial charge on any atom is 0.171 e. The van der Waals surface area contributed by atoms with E-state index in [1.54, 1.807) is 0 Å². The van der Waals surface area contributed by atoms with Gasteiger partial charge in [0, 0.05) is 13.2 Å². The first-order valence-electron chi connectivity index (χ1n) is 2.91. The van der Waals surface area contributed by atoms with E-state index in [2.05, 4.69) is 40.7 Å². The molecule has 3 heteroatoms. The van der Waals surface area contributed by atoms with Crippen LogP contribution in [0, 0.1) is 3.83 Å². The zero-order valence-electron chi connectivity index (χ0n) is 5.56. The fraction of sp³-hybridized carbons (Fsp3) is 0.500. The van der Waals surface area contributed by atoms with Crippen LogP contribution in [-0.2, 0) is 13.5 Å². The first-order valence-corrected chi connectivity index (χ1v) is 3.99. The van der Waals surface area contributed by atoms with E-state index in [1.807, 2.05) is 11.6 Å². The smallest absolute Gasteiger partial charge is 0.171 e. The number of imidazole rings is 1. The summed E-state index contributed by atoms with van der Waals surface area (Å²) in [6.07, 6.45) is 3.08. The van der Waals surface area contributed by atoms with Crippen molar-refractivity contribution in [3.8, 4) is 0 Å². The molecule has 0 unspecified atom stereocenters. The number of aryl methyl sites for hydroxylation is 2. The van der Waals surface area contributed by atoms with Crippen molar-refractivity contribution < 1.29 is 0 Å². The summed E-state index contributed by atoms with van der Waals surface area (Å²) in [4.78, 5) is 4.28. The molecule has 2 nitrogen and oxygen atoms in total. The quantitative estimate of drug-likeness (QED) is 0.677. The average molecular weight is 236 g/mol. The normalized spacial score (nSPS) is 10.1. The summed E-state index contributed by atoms with van der Waals surface area (Å²) in [5, 5.41) is 0. The van der Waals surface area contributed by atoms with Crippen LogP contribution in [0.2, 0.25) is 0 Å². The molecule has 1 heterocycles. The van der Waals surface area contributed by atoms with Crippen molar-refractivity contribution >= 4 is 22.6 Å². The summed E-state index contributed by atoms with van der Waals surface area (Å²) in [7, 11) is 2.01. The third-order valence-corrected chi connectivity index (χ3v) is 2.23. The number of hydrogen-bond donors (Lipinski definition) is 0. The van der Waals surface area contributed by atoms with Gasteiger partial charge in [0.05, 0.1) is 5.69 Å². The molecule has 0 radical (unpaired) electrons. The number of rotatable bonds is 1. The molecule has 0 amide bonds. The van der Waals surface area contributed by atoms with Crippen molar-refractivity contribution in [2.75, 3.05) is 0 Å². The van der Waals surface area contributed by atoms with Crippen LogP contribution in [0.15, 0.2) is 6.20 Å². The molecule has 1 rings (SSSR count). The molecular formula is C6H9IN2. The Morgan fingerprint density at radius 3 is 2.67 bits per heavy atom. The highest BCUT2D eigenvalue weighted by molar-refractivity contribution is 14.1. The molecule has 0 atom stereocenters. The van der Waals surface area contributed by atoms with E-state index >= 15 is 0 Å². The van der Waals surface area contributed by atoms with Crippen LogP contribution < -0.4 is 0 Å². The molecule has 0 aliphatic heterocycles. The molecule has 0 saturated carbocycles. The number of halogens is 1. The standard InChI is InChI=1S/C6H9IN2/c1-3-5-4-9(2)6(7)8-5/h4H,3H2,1-2H3. The van der Waals surface area contributed by atoms with Crippen LogP contribution >= 0.6 is 22.6 Å². The number of hydrogen-bond acceptors (Lipinski definition) is 1. The largest absolute Gasteiger partial charge is 0.329 e. The van der Waals surface area contributed by atoms with E-state index in [4.69, 9.17) is 0 Å². The lowest BCUT2D eigenvalue weighted by Gasteiger charge is -1.85. The van der Waals surface area contributed by atoms with Crippen LogP contribution in [-0.4, -0.2) is 9.55 Å². The minimum Gasteiger partial charge on any atom is -0.329 e. The van der Waals surface area contributed by atoms with E-state index < -0.39 is 0 Å². The second-order valence-electron chi connectivity index (χ2n) is 1.97. The van der Waals surface area contributed by atoms with Crippen LogP contribution in [0.1, 0.15) is 12.6 Å². The van der Waals surface area contributed by atoms with Gasteiger partial charge in [-0.2, -0.15) is 0 Å². The Morgan fingerprint density at radius 1 is 1.78 bits per heavy atom. The lowest BCUT2D eigenvalue weighted by molar-refractivity contribution is 0.877. The summed E-state index contributed by atoms with van der Waals surface area (Å²) in [6, 6.07) is 0. The van der Waals surface area contributed by atoms with Gasteiger partial charge in [-0.3, -0.25) is 0 Å². The van der Waals surface area contributed by atoms with E-state index in [-0.39, 0.29) is 0 Å². The molecular weight excluding hydrogens is 227 g/mol. The minimum absolute atomic E-state index is 1.02. The predicted octanol–water partition coefficient (Wildman–Crippen LogP) is 1.59. The van der Waals surface area contributed by atoms with Crippen LogP contribution in [0.25, 0.3) is 0 Å².